The summed E-state index contributed by atoms with van der Waals surface area (Å²) in [4.78, 5) is 0. The summed E-state index contributed by atoms with van der Waals surface area (Å²) in [7, 11) is 0. The summed E-state index contributed by atoms with van der Waals surface area (Å²) in [6.45, 7) is -2.88. The third-order valence-electron chi connectivity index (χ3n) is 1.56. The van der Waals surface area contributed by atoms with Crippen LogP contribution in [0.5, 0.6) is 5.75 Å². The van der Waals surface area contributed by atoms with E-state index in [2.05, 4.69) is 10.7 Å². The van der Waals surface area contributed by atoms with Crippen molar-refractivity contribution < 1.29 is 18.6 Å². The predicted octanol–water partition coefficient (Wildman–Crippen LogP) is 1.95. The van der Waals surface area contributed by atoms with E-state index in [-0.39, 0.29) is 5.75 Å². The smallest absolute Gasteiger partial charge is 0.387 e. The molecular formula is C10H8F2O2. The van der Waals surface area contributed by atoms with Gasteiger partial charge in [0.05, 0.1) is 0 Å². The first kappa shape index (κ1) is 10.5. The van der Waals surface area contributed by atoms with Gasteiger partial charge < -0.3 is 9.84 Å². The van der Waals surface area contributed by atoms with Crippen LogP contribution in [0.4, 0.5) is 8.78 Å². The highest BCUT2D eigenvalue weighted by Gasteiger charge is 2.07. The molecule has 4 heteroatoms. The minimum absolute atomic E-state index is 0.0215. The topological polar surface area (TPSA) is 29.5 Å². The van der Waals surface area contributed by atoms with Crippen LogP contribution in [0.15, 0.2) is 24.3 Å². The van der Waals surface area contributed by atoms with Crippen molar-refractivity contribution in [1.82, 2.24) is 0 Å². The van der Waals surface area contributed by atoms with Crippen LogP contribution in [0.2, 0.25) is 0 Å². The van der Waals surface area contributed by atoms with E-state index in [0.717, 1.165) is 0 Å². The Labute approximate surface area is 80.1 Å². The van der Waals surface area contributed by atoms with Gasteiger partial charge >= 0.3 is 6.61 Å². The molecular weight excluding hydrogens is 190 g/mol. The quantitative estimate of drug-likeness (QED) is 0.752. The lowest BCUT2D eigenvalue weighted by Gasteiger charge is -2.07. The minimum Gasteiger partial charge on any atom is -0.435 e. The van der Waals surface area contributed by atoms with E-state index >= 15 is 0 Å². The van der Waals surface area contributed by atoms with E-state index < -0.39 is 12.7 Å². The first-order valence-corrected chi connectivity index (χ1v) is 3.82. The molecule has 0 bridgehead atoms. The Morgan fingerprint density at radius 1 is 1.43 bits per heavy atom. The number of hydrogen-bond donors (Lipinski definition) is 1. The van der Waals surface area contributed by atoms with Crippen molar-refractivity contribution in [3.8, 4) is 18.1 Å². The van der Waals surface area contributed by atoms with Crippen molar-refractivity contribution >= 4 is 0 Å². The Kier molecular flexibility index (Phi) is 3.43. The van der Waals surface area contributed by atoms with Crippen LogP contribution in [0.1, 0.15) is 11.7 Å². The molecule has 74 valence electrons. The second kappa shape index (κ2) is 4.58. The molecule has 1 aromatic carbocycles. The molecule has 1 N–H and O–H groups in total. The highest BCUT2D eigenvalue weighted by atomic mass is 19.3. The van der Waals surface area contributed by atoms with Crippen LogP contribution in [-0.2, 0) is 0 Å². The number of aliphatic hydroxyl groups excluding tert-OH is 1. The maximum absolute atomic E-state index is 11.8. The van der Waals surface area contributed by atoms with Crippen molar-refractivity contribution in [3.63, 3.8) is 0 Å². The summed E-state index contributed by atoms with van der Waals surface area (Å²) in [5.74, 6) is 2.05. The van der Waals surface area contributed by atoms with Gasteiger partial charge in [-0.15, -0.1) is 6.42 Å². The lowest BCUT2D eigenvalue weighted by Crippen LogP contribution is -2.02. The molecule has 0 spiro atoms. The van der Waals surface area contributed by atoms with Crippen molar-refractivity contribution in [2.75, 3.05) is 0 Å². The first-order valence-electron chi connectivity index (χ1n) is 3.82. The SMILES string of the molecule is C#CC(O)c1cccc(OC(F)F)c1. The normalized spacial score (nSPS) is 12.2. The number of benzene rings is 1. The van der Waals surface area contributed by atoms with E-state index in [1.54, 1.807) is 0 Å². The lowest BCUT2D eigenvalue weighted by molar-refractivity contribution is -0.0499. The highest BCUT2D eigenvalue weighted by molar-refractivity contribution is 5.32. The molecule has 1 atom stereocenters. The van der Waals surface area contributed by atoms with Gasteiger partial charge in [0.15, 0.2) is 0 Å². The van der Waals surface area contributed by atoms with Crippen molar-refractivity contribution in [1.29, 1.82) is 0 Å². The largest absolute Gasteiger partial charge is 0.435 e. The van der Waals surface area contributed by atoms with Gasteiger partial charge in [0.25, 0.3) is 0 Å². The Balaban J connectivity index is 2.85. The van der Waals surface area contributed by atoms with Gasteiger partial charge in [-0.05, 0) is 17.7 Å². The monoisotopic (exact) mass is 198 g/mol. The molecule has 0 fully saturated rings. The first-order chi connectivity index (χ1) is 6.63. The fourth-order valence-corrected chi connectivity index (χ4v) is 0.957. The summed E-state index contributed by atoms with van der Waals surface area (Å²) in [6.07, 6.45) is 3.87. The van der Waals surface area contributed by atoms with Crippen molar-refractivity contribution in [2.45, 2.75) is 12.7 Å². The molecule has 14 heavy (non-hydrogen) atoms. The Morgan fingerprint density at radius 2 is 2.14 bits per heavy atom. The zero-order chi connectivity index (χ0) is 10.6. The van der Waals surface area contributed by atoms with Gasteiger partial charge in [-0.3, -0.25) is 0 Å². The third-order valence-corrected chi connectivity index (χ3v) is 1.56. The average molecular weight is 198 g/mol. The van der Waals surface area contributed by atoms with Gasteiger partial charge in [0.2, 0.25) is 0 Å². The molecule has 0 aliphatic rings. The van der Waals surface area contributed by atoms with Crippen LogP contribution in [0, 0.1) is 12.3 Å². The van der Waals surface area contributed by atoms with Crippen LogP contribution < -0.4 is 4.74 Å². The molecule has 0 saturated heterocycles. The van der Waals surface area contributed by atoms with E-state index in [1.807, 2.05) is 0 Å². The highest BCUT2D eigenvalue weighted by Crippen LogP contribution is 2.20. The van der Waals surface area contributed by atoms with Gasteiger partial charge in [0, 0.05) is 0 Å². The molecule has 2 nitrogen and oxygen atoms in total. The third kappa shape index (κ3) is 2.71. The maximum atomic E-state index is 11.8. The molecule has 1 aromatic rings. The molecule has 0 amide bonds. The summed E-state index contributed by atoms with van der Waals surface area (Å²) in [6, 6.07) is 5.64. The molecule has 1 unspecified atom stereocenters. The molecule has 0 aliphatic heterocycles. The molecule has 0 heterocycles. The second-order valence-electron chi connectivity index (χ2n) is 2.52. The standard InChI is InChI=1S/C10H8F2O2/c1-2-9(13)7-4-3-5-8(6-7)14-10(11)12/h1,3-6,9-10,13H. The van der Waals surface area contributed by atoms with Crippen LogP contribution in [-0.4, -0.2) is 11.7 Å². The van der Waals surface area contributed by atoms with Crippen molar-refractivity contribution in [2.24, 2.45) is 0 Å². The van der Waals surface area contributed by atoms with Gasteiger partial charge in [-0.1, -0.05) is 18.1 Å². The van der Waals surface area contributed by atoms with E-state index in [1.165, 1.54) is 24.3 Å². The molecule has 0 saturated carbocycles. The number of rotatable bonds is 3. The second-order valence-corrected chi connectivity index (χ2v) is 2.52. The lowest BCUT2D eigenvalue weighted by atomic mass is 10.1. The molecule has 1 rings (SSSR count). The average Bonchev–Trinajstić information content (AvgIpc) is 2.16. The van der Waals surface area contributed by atoms with Gasteiger partial charge in [0.1, 0.15) is 11.9 Å². The number of halogens is 2. The Bertz CT molecular complexity index is 344. The number of hydrogen-bond acceptors (Lipinski definition) is 2. The van der Waals surface area contributed by atoms with Crippen LogP contribution in [0.25, 0.3) is 0 Å². The number of terminal acetylenes is 1. The number of ether oxygens (including phenoxy) is 1. The van der Waals surface area contributed by atoms with Gasteiger partial charge in [-0.2, -0.15) is 8.78 Å². The zero-order valence-corrected chi connectivity index (χ0v) is 7.15. The number of alkyl halides is 2. The summed E-state index contributed by atoms with van der Waals surface area (Å²) >= 11 is 0. The van der Waals surface area contributed by atoms with E-state index in [4.69, 9.17) is 6.42 Å². The molecule has 0 aromatic heterocycles. The Morgan fingerprint density at radius 3 is 2.71 bits per heavy atom. The molecule has 0 aliphatic carbocycles. The van der Waals surface area contributed by atoms with Crippen molar-refractivity contribution in [3.05, 3.63) is 29.8 Å². The Hall–Kier alpha value is -1.60. The maximum Gasteiger partial charge on any atom is 0.387 e. The fraction of sp³-hybridized carbons (Fsp3) is 0.200. The summed E-state index contributed by atoms with van der Waals surface area (Å²) < 4.78 is 27.8. The molecule has 0 radical (unpaired) electrons. The minimum atomic E-state index is -2.88. The van der Waals surface area contributed by atoms with Crippen LogP contribution >= 0.6 is 0 Å². The number of aliphatic hydroxyl groups is 1. The zero-order valence-electron chi connectivity index (χ0n) is 7.15. The predicted molar refractivity (Wildman–Crippen MR) is 46.9 cm³/mol. The van der Waals surface area contributed by atoms with E-state index in [0.29, 0.717) is 5.56 Å². The van der Waals surface area contributed by atoms with E-state index in [9.17, 15) is 13.9 Å². The van der Waals surface area contributed by atoms with Gasteiger partial charge in [-0.25, -0.2) is 0 Å². The summed E-state index contributed by atoms with van der Waals surface area (Å²) in [5, 5.41) is 9.21. The fourth-order valence-electron chi connectivity index (χ4n) is 0.957. The summed E-state index contributed by atoms with van der Waals surface area (Å²) in [5.41, 5.74) is 0.352. The van der Waals surface area contributed by atoms with Crippen LogP contribution in [0.3, 0.4) is 0 Å².